The number of hydrogen-bond acceptors (Lipinski definition) is 1. The van der Waals surface area contributed by atoms with Crippen molar-refractivity contribution in [3.63, 3.8) is 0 Å². The zero-order chi connectivity index (χ0) is 33.5. The van der Waals surface area contributed by atoms with Crippen LogP contribution in [0.25, 0.3) is 27.5 Å². The van der Waals surface area contributed by atoms with Crippen molar-refractivity contribution in [2.75, 3.05) is 0 Å². The van der Waals surface area contributed by atoms with E-state index in [0.717, 1.165) is 12.8 Å². The summed E-state index contributed by atoms with van der Waals surface area (Å²) in [5, 5.41) is 2.94. The molecule has 3 aliphatic rings. The van der Waals surface area contributed by atoms with Crippen LogP contribution in [0.2, 0.25) is 0 Å². The Hall–Kier alpha value is -2.77. The van der Waals surface area contributed by atoms with Gasteiger partial charge in [0.25, 0.3) is 0 Å². The van der Waals surface area contributed by atoms with E-state index in [-0.39, 0.29) is 27.9 Å². The molecule has 0 fully saturated rings. The number of halogens is 2. The molecule has 0 bridgehead atoms. The van der Waals surface area contributed by atoms with Crippen LogP contribution in [0.5, 0.6) is 0 Å². The zero-order valence-corrected chi connectivity index (χ0v) is 34.6. The van der Waals surface area contributed by atoms with Gasteiger partial charge in [0.2, 0.25) is 0 Å². The molecule has 1 nitrogen and oxygen atoms in total. The van der Waals surface area contributed by atoms with Gasteiger partial charge in [-0.15, -0.1) is 0 Å². The molecule has 3 aliphatic carbocycles. The largest absolute Gasteiger partial charge is 1.00 e. The first-order valence-corrected chi connectivity index (χ1v) is 21.9. The van der Waals surface area contributed by atoms with Gasteiger partial charge in [-0.05, 0) is 0 Å². The third-order valence-electron chi connectivity index (χ3n) is 13.1. The van der Waals surface area contributed by atoms with Crippen molar-refractivity contribution >= 4 is 20.1 Å². The van der Waals surface area contributed by atoms with Crippen molar-refractivity contribution in [2.24, 2.45) is 11.8 Å². The van der Waals surface area contributed by atoms with Crippen LogP contribution in [0, 0.1) is 32.6 Å². The second kappa shape index (κ2) is 14.0. The van der Waals surface area contributed by atoms with Gasteiger partial charge in [-0.1, -0.05) is 0 Å². The SMILES string of the molecule is Cc1cc2c(c(C)c1C)C(C)c1c3c(c4ccccc4c1-2)C(C)C(C)C(C)[C]3(C)[Zr+2](=[CH]Cc1ccccc1)[C]1=C(c2ccoc2)C=CC1.[Cl-].[Cl-]. The van der Waals surface area contributed by atoms with Crippen molar-refractivity contribution in [1.82, 2.24) is 0 Å². The molecule has 0 amide bonds. The molecule has 256 valence electrons. The molecule has 1 aromatic heterocycles. The molecule has 4 heteroatoms. The number of furan rings is 1. The van der Waals surface area contributed by atoms with Crippen molar-refractivity contribution < 1.29 is 50.5 Å². The Bertz CT molecular complexity index is 2190. The van der Waals surface area contributed by atoms with Crippen LogP contribution in [0.4, 0.5) is 0 Å². The maximum absolute atomic E-state index is 5.70. The van der Waals surface area contributed by atoms with Gasteiger partial charge in [-0.2, -0.15) is 0 Å². The van der Waals surface area contributed by atoms with Crippen LogP contribution in [-0.4, -0.2) is 3.71 Å². The Kier molecular flexibility index (Phi) is 10.4. The standard InChI is InChI=1S/C29H33.C9H7O.C8H8.2ClH.Zr/c1-14-13-24-25(18(5)15(14)2)21(8)28-27-20(7)17(4)16(3)19(6)26(27)22-11-9-10-12-23(22)29(24)28;1-2-4-8(3-1)9-5-6-10-7-9;1-2-8-6-4-3-5-7-8;;;/h9-13,16-17,19,21H,1-8H3;1,3,5-7H,2H2;1,3-7H,2H2;2*1H;/q;;;;;+2/p-2. The van der Waals surface area contributed by atoms with Gasteiger partial charge < -0.3 is 24.8 Å². The smallest absolute Gasteiger partial charge is 1.00 e. The Morgan fingerprint density at radius 1 is 0.840 bits per heavy atom. The zero-order valence-electron chi connectivity index (χ0n) is 30.6. The molecule has 5 aromatic rings. The molecule has 1 heterocycles. The molecule has 8 rings (SSSR count). The fraction of sp³-hybridized carbons (Fsp3) is 0.326. The Morgan fingerprint density at radius 2 is 1.54 bits per heavy atom. The Labute approximate surface area is 319 Å². The Morgan fingerprint density at radius 3 is 2.24 bits per heavy atom. The van der Waals surface area contributed by atoms with Gasteiger partial charge in [-0.25, -0.2) is 0 Å². The summed E-state index contributed by atoms with van der Waals surface area (Å²) in [6, 6.07) is 25.3. The third-order valence-corrected chi connectivity index (χ3v) is 21.9. The molecule has 0 radical (unpaired) electrons. The fourth-order valence-electron chi connectivity index (χ4n) is 10.0. The van der Waals surface area contributed by atoms with E-state index >= 15 is 0 Å². The van der Waals surface area contributed by atoms with Crippen LogP contribution < -0.4 is 24.8 Å². The monoisotopic (exact) mass is 776 g/mol. The minimum absolute atomic E-state index is 0. The van der Waals surface area contributed by atoms with Crippen molar-refractivity contribution in [3.05, 3.63) is 145 Å². The molecule has 5 atom stereocenters. The van der Waals surface area contributed by atoms with Crippen molar-refractivity contribution in [3.8, 4) is 11.1 Å². The summed E-state index contributed by atoms with van der Waals surface area (Å²) < 4.78 is 10.4. The third kappa shape index (κ3) is 5.38. The van der Waals surface area contributed by atoms with Crippen molar-refractivity contribution in [1.29, 1.82) is 0 Å². The molecular formula is C46H48Cl2OZr. The molecule has 5 unspecified atom stereocenters. The first-order chi connectivity index (χ1) is 23.1. The van der Waals surface area contributed by atoms with Gasteiger partial charge in [0.05, 0.1) is 0 Å². The minimum atomic E-state index is -2.70. The number of fused-ring (bicyclic) bond motifs is 8. The summed E-state index contributed by atoms with van der Waals surface area (Å²) in [7, 11) is 0. The van der Waals surface area contributed by atoms with Crippen LogP contribution in [0.1, 0.15) is 103 Å². The van der Waals surface area contributed by atoms with E-state index < -0.39 is 21.3 Å². The minimum Gasteiger partial charge on any atom is -1.00 e. The fourth-order valence-corrected chi connectivity index (χ4v) is 19.6. The van der Waals surface area contributed by atoms with Crippen molar-refractivity contribution in [2.45, 2.75) is 83.2 Å². The maximum atomic E-state index is 5.70. The van der Waals surface area contributed by atoms with Gasteiger partial charge >= 0.3 is 297 Å². The Balaban J connectivity index is 0.00000216. The molecule has 50 heavy (non-hydrogen) atoms. The quantitative estimate of drug-likeness (QED) is 0.209. The van der Waals surface area contributed by atoms with Gasteiger partial charge in [0.1, 0.15) is 0 Å². The van der Waals surface area contributed by atoms with Crippen LogP contribution in [0.3, 0.4) is 0 Å². The normalized spacial score (nSPS) is 23.4. The summed E-state index contributed by atoms with van der Waals surface area (Å²) in [5.74, 6) is 1.97. The summed E-state index contributed by atoms with van der Waals surface area (Å²) in [4.78, 5) is 0. The van der Waals surface area contributed by atoms with E-state index in [1.807, 2.05) is 12.5 Å². The van der Waals surface area contributed by atoms with E-state index in [0.29, 0.717) is 23.7 Å². The van der Waals surface area contributed by atoms with E-state index in [1.165, 1.54) is 55.3 Å². The molecule has 0 N–H and O–H groups in total. The molecule has 0 saturated carbocycles. The molecule has 0 saturated heterocycles. The van der Waals surface area contributed by atoms with Crippen LogP contribution >= 0.6 is 0 Å². The number of benzene rings is 4. The molecule has 4 aromatic carbocycles. The first-order valence-electron chi connectivity index (χ1n) is 18.0. The van der Waals surface area contributed by atoms with Crippen LogP contribution in [-0.2, 0) is 30.8 Å². The average Bonchev–Trinajstić information content (AvgIpc) is 3.86. The van der Waals surface area contributed by atoms with Crippen LogP contribution in [0.15, 0.2) is 99.1 Å². The van der Waals surface area contributed by atoms with E-state index in [1.54, 1.807) is 25.5 Å². The van der Waals surface area contributed by atoms with E-state index in [9.17, 15) is 0 Å². The number of aryl methyl sites for hydroxylation is 1. The first kappa shape index (κ1) is 37.0. The topological polar surface area (TPSA) is 13.1 Å². The van der Waals surface area contributed by atoms with Gasteiger partial charge in [0, 0.05) is 0 Å². The average molecular weight is 779 g/mol. The summed E-state index contributed by atoms with van der Waals surface area (Å²) in [6.07, 6.45) is 10.7. The number of hydrogen-bond donors (Lipinski definition) is 0. The van der Waals surface area contributed by atoms with E-state index in [2.05, 4.69) is 138 Å². The predicted octanol–water partition coefficient (Wildman–Crippen LogP) is 6.14. The van der Waals surface area contributed by atoms with E-state index in [4.69, 9.17) is 4.42 Å². The molecule has 0 aliphatic heterocycles. The maximum Gasteiger partial charge on any atom is -1.00 e. The number of rotatable bonds is 5. The summed E-state index contributed by atoms with van der Waals surface area (Å²) >= 11 is -2.70. The van der Waals surface area contributed by atoms with Gasteiger partial charge in [-0.3, -0.25) is 0 Å². The predicted molar refractivity (Wildman–Crippen MR) is 201 cm³/mol. The summed E-state index contributed by atoms with van der Waals surface area (Å²) in [5.41, 5.74) is 18.0. The second-order valence-electron chi connectivity index (χ2n) is 15.2. The number of allylic oxidation sites excluding steroid dienone is 4. The molecular weight excluding hydrogens is 731 g/mol. The second-order valence-corrected chi connectivity index (χ2v) is 22.3. The van der Waals surface area contributed by atoms with Gasteiger partial charge in [0.15, 0.2) is 0 Å². The molecule has 0 spiro atoms. The summed E-state index contributed by atoms with van der Waals surface area (Å²) in [6.45, 7) is 20.0.